The number of anilines is 3. The minimum absolute atomic E-state index is 0.0317. The Bertz CT molecular complexity index is 2480. The number of nitrogens with one attached hydrogen (secondary N) is 4. The Balaban J connectivity index is 0.761. The summed E-state index contributed by atoms with van der Waals surface area (Å²) in [4.78, 5) is 89.5. The van der Waals surface area contributed by atoms with E-state index in [2.05, 4.69) is 36.2 Å². The molecule has 15 nitrogen and oxygen atoms in total. The van der Waals surface area contributed by atoms with Gasteiger partial charge in [-0.2, -0.15) is 0 Å². The van der Waals surface area contributed by atoms with Crippen LogP contribution in [0.5, 0.6) is 5.75 Å². The lowest BCUT2D eigenvalue weighted by atomic mass is 10.0. The molecule has 0 saturated carbocycles. The first kappa shape index (κ1) is 43.1. The fourth-order valence-electron chi connectivity index (χ4n) is 7.31. The SMILES string of the molecule is O=C(CCCOc1cccc2c1C(=O)N(C1CCC(=O)NC1=O)C2=O)NCCCCCCCC(=O)Nc1cncc(Nc2ncc(Cl)c(-c3cccc(-c4ccccc4)c3)n2)c1. The number of halogens is 1. The molecule has 4 heterocycles. The molecule has 2 aliphatic rings. The van der Waals surface area contributed by atoms with Crippen molar-refractivity contribution >= 4 is 64.4 Å². The van der Waals surface area contributed by atoms with Crippen LogP contribution in [0, 0.1) is 0 Å². The summed E-state index contributed by atoms with van der Waals surface area (Å²) in [5, 5.41) is 11.6. The molecule has 7 rings (SSSR count). The van der Waals surface area contributed by atoms with Gasteiger partial charge in [0, 0.05) is 31.4 Å². The highest BCUT2D eigenvalue weighted by molar-refractivity contribution is 6.33. The number of unbranched alkanes of at least 4 members (excludes halogenated alkanes) is 4. The minimum Gasteiger partial charge on any atom is -0.493 e. The highest BCUT2D eigenvalue weighted by atomic mass is 35.5. The van der Waals surface area contributed by atoms with E-state index in [1.54, 1.807) is 36.8 Å². The summed E-state index contributed by atoms with van der Waals surface area (Å²) < 4.78 is 5.81. The van der Waals surface area contributed by atoms with Crippen molar-refractivity contribution in [3.63, 3.8) is 0 Å². The number of aromatic nitrogens is 3. The standard InChI is InChI=1S/C46H45ClN8O7/c47-35-28-50-46(54-42(35)31-15-9-14-30(24-31)29-12-5-4-6-13-29)52-33-25-32(26-48-27-33)51-39(57)18-7-2-1-3-8-22-49-38(56)19-11-23-62-37-17-10-16-34-41(37)45(61)55(44(34)60)36-20-21-40(58)53-43(36)59/h4-6,9-10,12-17,24-28,36H,1-3,7-8,11,18-23H2,(H,49,56)(H,51,57)(H,50,52,54)(H,53,58,59). The molecule has 5 aromatic rings. The Labute approximate surface area is 363 Å². The summed E-state index contributed by atoms with van der Waals surface area (Å²) >= 11 is 6.53. The van der Waals surface area contributed by atoms with E-state index in [-0.39, 0.29) is 54.6 Å². The van der Waals surface area contributed by atoms with E-state index < -0.39 is 29.7 Å². The smallest absolute Gasteiger partial charge is 0.266 e. The maximum atomic E-state index is 13.2. The van der Waals surface area contributed by atoms with Crippen molar-refractivity contribution in [3.05, 3.63) is 114 Å². The number of piperidine rings is 1. The lowest BCUT2D eigenvalue weighted by Crippen LogP contribution is -2.54. The van der Waals surface area contributed by atoms with Gasteiger partial charge in [-0.3, -0.25) is 44.0 Å². The molecule has 2 aromatic heterocycles. The van der Waals surface area contributed by atoms with Crippen molar-refractivity contribution in [1.82, 2.24) is 30.5 Å². The Morgan fingerprint density at radius 2 is 1.52 bits per heavy atom. The molecule has 4 N–H and O–H groups in total. The van der Waals surface area contributed by atoms with Gasteiger partial charge in [0.25, 0.3) is 11.8 Å². The number of carbonyl (C=O) groups is 6. The first-order valence-electron chi connectivity index (χ1n) is 20.6. The van der Waals surface area contributed by atoms with Crippen molar-refractivity contribution < 1.29 is 33.5 Å². The van der Waals surface area contributed by atoms with Crippen LogP contribution < -0.4 is 26.0 Å². The normalized spacial score (nSPS) is 14.6. The monoisotopic (exact) mass is 856 g/mol. The van der Waals surface area contributed by atoms with Crippen LogP contribution in [0.1, 0.15) is 84.9 Å². The number of amides is 6. The second kappa shape index (κ2) is 20.5. The highest BCUT2D eigenvalue weighted by Crippen LogP contribution is 2.34. The lowest BCUT2D eigenvalue weighted by Gasteiger charge is -2.27. The van der Waals surface area contributed by atoms with E-state index in [1.807, 2.05) is 54.6 Å². The lowest BCUT2D eigenvalue weighted by molar-refractivity contribution is -0.136. The zero-order chi connectivity index (χ0) is 43.4. The predicted octanol–water partition coefficient (Wildman–Crippen LogP) is 7.26. The summed E-state index contributed by atoms with van der Waals surface area (Å²) in [6.07, 6.45) is 10.0. The molecule has 0 spiro atoms. The Morgan fingerprint density at radius 1 is 0.774 bits per heavy atom. The average Bonchev–Trinajstić information content (AvgIpc) is 3.53. The summed E-state index contributed by atoms with van der Waals surface area (Å²) in [6, 6.07) is 23.4. The average molecular weight is 857 g/mol. The number of imide groups is 2. The maximum Gasteiger partial charge on any atom is 0.266 e. The predicted molar refractivity (Wildman–Crippen MR) is 233 cm³/mol. The third kappa shape index (κ3) is 10.8. The number of hydrogen-bond acceptors (Lipinski definition) is 11. The molecule has 62 heavy (non-hydrogen) atoms. The molecule has 1 atom stereocenters. The van der Waals surface area contributed by atoms with Gasteiger partial charge < -0.3 is 20.7 Å². The number of nitrogens with zero attached hydrogens (tertiary/aromatic N) is 4. The minimum atomic E-state index is -1.06. The first-order valence-corrected chi connectivity index (χ1v) is 21.0. The van der Waals surface area contributed by atoms with Gasteiger partial charge in [0.15, 0.2) is 0 Å². The number of rotatable bonds is 19. The van der Waals surface area contributed by atoms with Crippen LogP contribution in [0.25, 0.3) is 22.4 Å². The van der Waals surface area contributed by atoms with Gasteiger partial charge in [-0.15, -0.1) is 0 Å². The molecule has 0 bridgehead atoms. The fraction of sp³-hybridized carbons (Fsp3) is 0.283. The van der Waals surface area contributed by atoms with Gasteiger partial charge in [-0.25, -0.2) is 9.97 Å². The Hall–Kier alpha value is -7.00. The van der Waals surface area contributed by atoms with Gasteiger partial charge in [-0.05, 0) is 61.1 Å². The van der Waals surface area contributed by atoms with Gasteiger partial charge >= 0.3 is 0 Å². The first-order chi connectivity index (χ1) is 30.1. The van der Waals surface area contributed by atoms with Crippen LogP contribution in [0.3, 0.4) is 0 Å². The van der Waals surface area contributed by atoms with E-state index in [4.69, 9.17) is 16.3 Å². The molecular weight excluding hydrogens is 812 g/mol. The molecule has 0 radical (unpaired) electrons. The van der Waals surface area contributed by atoms with Crippen molar-refractivity contribution in [2.75, 3.05) is 23.8 Å². The van der Waals surface area contributed by atoms with Crippen LogP contribution in [0.4, 0.5) is 17.3 Å². The molecule has 1 saturated heterocycles. The van der Waals surface area contributed by atoms with Crippen LogP contribution in [-0.4, -0.2) is 74.5 Å². The van der Waals surface area contributed by atoms with Crippen LogP contribution in [0.2, 0.25) is 5.02 Å². The van der Waals surface area contributed by atoms with Crippen LogP contribution in [-0.2, 0) is 19.2 Å². The Kier molecular flexibility index (Phi) is 14.3. The summed E-state index contributed by atoms with van der Waals surface area (Å²) in [6.45, 7) is 0.668. The second-order valence-corrected chi connectivity index (χ2v) is 15.3. The molecule has 0 aliphatic carbocycles. The van der Waals surface area contributed by atoms with Crippen molar-refractivity contribution in [2.24, 2.45) is 0 Å². The molecule has 2 aliphatic heterocycles. The number of benzene rings is 3. The number of ether oxygens (including phenoxy) is 1. The van der Waals surface area contributed by atoms with Crippen molar-refractivity contribution in [2.45, 2.75) is 70.3 Å². The van der Waals surface area contributed by atoms with Gasteiger partial charge in [-0.1, -0.05) is 85.5 Å². The van der Waals surface area contributed by atoms with Crippen LogP contribution in [0.15, 0.2) is 97.5 Å². The highest BCUT2D eigenvalue weighted by Gasteiger charge is 2.46. The zero-order valence-corrected chi connectivity index (χ0v) is 34.6. The van der Waals surface area contributed by atoms with E-state index in [1.165, 1.54) is 6.07 Å². The number of carbonyl (C=O) groups excluding carboxylic acids is 6. The molecule has 318 valence electrons. The van der Waals surface area contributed by atoms with Crippen molar-refractivity contribution in [1.29, 1.82) is 0 Å². The Morgan fingerprint density at radius 3 is 2.35 bits per heavy atom. The van der Waals surface area contributed by atoms with Gasteiger partial charge in [0.1, 0.15) is 11.8 Å². The molecule has 1 unspecified atom stereocenters. The maximum absolute atomic E-state index is 13.2. The second-order valence-electron chi connectivity index (χ2n) is 14.9. The van der Waals surface area contributed by atoms with E-state index >= 15 is 0 Å². The topological polar surface area (TPSA) is 202 Å². The molecular formula is C46H45ClN8O7. The zero-order valence-electron chi connectivity index (χ0n) is 33.8. The van der Waals surface area contributed by atoms with Crippen molar-refractivity contribution in [3.8, 4) is 28.1 Å². The van der Waals surface area contributed by atoms with Gasteiger partial charge in [0.2, 0.25) is 29.6 Å². The molecule has 1 fully saturated rings. The third-order valence-corrected chi connectivity index (χ3v) is 10.7. The number of fused-ring (bicyclic) bond motifs is 1. The molecule has 16 heteroatoms. The van der Waals surface area contributed by atoms with Gasteiger partial charge in [0.05, 0.1) is 58.4 Å². The number of hydrogen-bond donors (Lipinski definition) is 4. The third-order valence-electron chi connectivity index (χ3n) is 10.4. The fourth-order valence-corrected chi connectivity index (χ4v) is 7.51. The molecule has 3 aromatic carbocycles. The van der Waals surface area contributed by atoms with E-state index in [0.717, 1.165) is 53.7 Å². The summed E-state index contributed by atoms with van der Waals surface area (Å²) in [5.41, 5.74) is 4.91. The largest absolute Gasteiger partial charge is 0.493 e. The van der Waals surface area contributed by atoms with E-state index in [0.29, 0.717) is 47.4 Å². The number of pyridine rings is 1. The van der Waals surface area contributed by atoms with E-state index in [9.17, 15) is 28.8 Å². The van der Waals surface area contributed by atoms with Crippen LogP contribution >= 0.6 is 11.6 Å². The molecule has 6 amide bonds. The summed E-state index contributed by atoms with van der Waals surface area (Å²) in [7, 11) is 0. The quantitative estimate of drug-likeness (QED) is 0.0481. The summed E-state index contributed by atoms with van der Waals surface area (Å²) in [5.74, 6) is -2.08.